The lowest BCUT2D eigenvalue weighted by atomic mass is 9.94. The van der Waals surface area contributed by atoms with E-state index >= 15 is 0 Å². The molecule has 13 aromatic carbocycles. The molecule has 0 aliphatic heterocycles. The molecule has 0 aliphatic carbocycles. The molecule has 0 aliphatic rings. The van der Waals surface area contributed by atoms with Gasteiger partial charge in [0.25, 0.3) is 0 Å². The summed E-state index contributed by atoms with van der Waals surface area (Å²) in [6.07, 6.45) is 0. The number of benzene rings is 13. The predicted octanol–water partition coefficient (Wildman–Crippen LogP) is 19.5. The van der Waals surface area contributed by atoms with Crippen LogP contribution in [0.5, 0.6) is 0 Å². The second-order valence-electron chi connectivity index (χ2n) is 18.4. The molecule has 0 saturated carbocycles. The Kier molecular flexibility index (Phi) is 9.25. The minimum Gasteiger partial charge on any atom is -0.453 e. The minimum atomic E-state index is 0.849. The number of fused-ring (bicyclic) bond motifs is 9. The van der Waals surface area contributed by atoms with Gasteiger partial charge in [0, 0.05) is 27.4 Å². The molecule has 326 valence electrons. The summed E-state index contributed by atoms with van der Waals surface area (Å²) in [5.41, 5.74) is 14.2. The number of hydrogen-bond donors (Lipinski definition) is 0. The maximum atomic E-state index is 7.29. The molecule has 0 bridgehead atoms. The van der Waals surface area contributed by atoms with Crippen LogP contribution in [0.3, 0.4) is 0 Å². The minimum absolute atomic E-state index is 0.849. The van der Waals surface area contributed by atoms with Gasteiger partial charge in [-0.3, -0.25) is 0 Å². The molecular formula is C68H43NO. The highest BCUT2D eigenvalue weighted by Crippen LogP contribution is 2.49. The van der Waals surface area contributed by atoms with Crippen molar-refractivity contribution in [2.24, 2.45) is 0 Å². The maximum Gasteiger partial charge on any atom is 0.160 e. The lowest BCUT2D eigenvalue weighted by Crippen LogP contribution is -2.11. The predicted molar refractivity (Wildman–Crippen MR) is 298 cm³/mol. The van der Waals surface area contributed by atoms with E-state index in [1.54, 1.807) is 0 Å². The molecule has 1 heterocycles. The Morgan fingerprint density at radius 3 is 1.43 bits per heavy atom. The molecule has 2 nitrogen and oxygen atoms in total. The number of para-hydroxylation sites is 1. The van der Waals surface area contributed by atoms with Crippen molar-refractivity contribution in [1.82, 2.24) is 0 Å². The highest BCUT2D eigenvalue weighted by Gasteiger charge is 2.25. The molecule has 0 amide bonds. The third-order valence-electron chi connectivity index (χ3n) is 14.4. The standard InChI is InChI=1S/C68H43NO/c1-2-15-47(16-3-1)60-23-12-24-63-66-59-20-9-8-19-55(59)43-65(68(66)70-67(60)63)69(64-38-37-58(61-21-10-11-22-62(61)64)56-32-26-45-14-5-7-18-49(45)42-56)57-35-33-46(34-36-57)50-28-29-53-41-54(31-30-52(53)40-50)51-27-25-44-13-4-6-17-48(44)39-51/h1-43H. The first-order valence-electron chi connectivity index (χ1n) is 24.1. The molecule has 0 radical (unpaired) electrons. The largest absolute Gasteiger partial charge is 0.453 e. The molecule has 0 unspecified atom stereocenters. The van der Waals surface area contributed by atoms with Crippen LogP contribution in [0, 0.1) is 0 Å². The average Bonchev–Trinajstić information content (AvgIpc) is 3.84. The molecule has 0 spiro atoms. The van der Waals surface area contributed by atoms with E-state index in [9.17, 15) is 0 Å². The van der Waals surface area contributed by atoms with Crippen molar-refractivity contribution in [2.75, 3.05) is 4.90 Å². The molecule has 14 aromatic rings. The van der Waals surface area contributed by atoms with Gasteiger partial charge in [-0.05, 0) is 136 Å². The van der Waals surface area contributed by atoms with Gasteiger partial charge in [0.1, 0.15) is 5.58 Å². The topological polar surface area (TPSA) is 16.4 Å². The molecule has 2 heteroatoms. The van der Waals surface area contributed by atoms with Gasteiger partial charge in [0.05, 0.1) is 11.4 Å². The van der Waals surface area contributed by atoms with Gasteiger partial charge in [-0.1, -0.05) is 212 Å². The quantitative estimate of drug-likeness (QED) is 0.159. The highest BCUT2D eigenvalue weighted by atomic mass is 16.3. The summed E-state index contributed by atoms with van der Waals surface area (Å²) in [6, 6.07) is 95.0. The molecule has 0 fully saturated rings. The van der Waals surface area contributed by atoms with E-state index in [2.05, 4.69) is 266 Å². The molecule has 0 saturated heterocycles. The Morgan fingerprint density at radius 1 is 0.243 bits per heavy atom. The van der Waals surface area contributed by atoms with Crippen molar-refractivity contribution < 1.29 is 4.42 Å². The first-order valence-corrected chi connectivity index (χ1v) is 24.1. The zero-order valence-corrected chi connectivity index (χ0v) is 38.2. The molecule has 0 atom stereocenters. The fourth-order valence-corrected chi connectivity index (χ4v) is 10.9. The van der Waals surface area contributed by atoms with Crippen molar-refractivity contribution in [1.29, 1.82) is 0 Å². The van der Waals surface area contributed by atoms with Crippen LogP contribution in [-0.4, -0.2) is 0 Å². The van der Waals surface area contributed by atoms with E-state index in [1.165, 1.54) is 65.5 Å². The molecule has 1 aromatic heterocycles. The summed E-state index contributed by atoms with van der Waals surface area (Å²) >= 11 is 0. The normalized spacial score (nSPS) is 11.7. The molecule has 0 N–H and O–H groups in total. The molecular weight excluding hydrogens is 847 g/mol. The lowest BCUT2D eigenvalue weighted by molar-refractivity contribution is 0.670. The van der Waals surface area contributed by atoms with Gasteiger partial charge in [-0.25, -0.2) is 0 Å². The van der Waals surface area contributed by atoms with Crippen LogP contribution in [0.1, 0.15) is 0 Å². The molecule has 70 heavy (non-hydrogen) atoms. The number of hydrogen-bond acceptors (Lipinski definition) is 2. The van der Waals surface area contributed by atoms with Gasteiger partial charge in [-0.2, -0.15) is 0 Å². The summed E-state index contributed by atoms with van der Waals surface area (Å²) < 4.78 is 7.29. The summed E-state index contributed by atoms with van der Waals surface area (Å²) in [4.78, 5) is 2.42. The van der Waals surface area contributed by atoms with Crippen molar-refractivity contribution in [3.63, 3.8) is 0 Å². The van der Waals surface area contributed by atoms with E-state index in [4.69, 9.17) is 4.42 Å². The first kappa shape index (κ1) is 39.9. The Bertz CT molecular complexity index is 4350. The third kappa shape index (κ3) is 6.64. The highest BCUT2D eigenvalue weighted by molar-refractivity contribution is 6.25. The van der Waals surface area contributed by atoms with Crippen LogP contribution < -0.4 is 4.90 Å². The number of nitrogens with zero attached hydrogens (tertiary/aromatic N) is 1. The van der Waals surface area contributed by atoms with Gasteiger partial charge in [-0.15, -0.1) is 0 Å². The summed E-state index contributed by atoms with van der Waals surface area (Å²) in [7, 11) is 0. The van der Waals surface area contributed by atoms with E-state index in [1.807, 2.05) is 0 Å². The number of anilines is 3. The van der Waals surface area contributed by atoms with Crippen molar-refractivity contribution in [3.8, 4) is 44.5 Å². The van der Waals surface area contributed by atoms with Gasteiger partial charge < -0.3 is 9.32 Å². The van der Waals surface area contributed by atoms with Crippen LogP contribution in [0.15, 0.2) is 265 Å². The third-order valence-corrected chi connectivity index (χ3v) is 14.4. The Labute approximate surface area is 405 Å². The smallest absolute Gasteiger partial charge is 0.160 e. The Hall–Kier alpha value is -9.24. The second-order valence-corrected chi connectivity index (χ2v) is 18.4. The summed E-state index contributed by atoms with van der Waals surface area (Å²) in [5.74, 6) is 0. The van der Waals surface area contributed by atoms with Crippen molar-refractivity contribution >= 4 is 92.9 Å². The van der Waals surface area contributed by atoms with Crippen LogP contribution in [0.4, 0.5) is 17.1 Å². The fourth-order valence-electron chi connectivity index (χ4n) is 10.9. The SMILES string of the molecule is c1ccc(-c2cccc3c2oc2c(N(c4ccc(-c5ccc6cc(-c7ccc8ccccc8c7)ccc6c5)cc4)c4ccc(-c5ccc6ccccc6c5)c5ccccc45)cc4ccccc4c23)cc1. The van der Waals surface area contributed by atoms with Crippen LogP contribution in [0.25, 0.3) is 120 Å². The summed E-state index contributed by atoms with van der Waals surface area (Å²) in [6.45, 7) is 0. The van der Waals surface area contributed by atoms with E-state index in [-0.39, 0.29) is 0 Å². The van der Waals surface area contributed by atoms with Crippen LogP contribution in [0.2, 0.25) is 0 Å². The maximum absolute atomic E-state index is 7.29. The van der Waals surface area contributed by atoms with Crippen molar-refractivity contribution in [3.05, 3.63) is 261 Å². The van der Waals surface area contributed by atoms with Gasteiger partial charge in [0.15, 0.2) is 5.58 Å². The zero-order valence-electron chi connectivity index (χ0n) is 38.2. The van der Waals surface area contributed by atoms with Crippen molar-refractivity contribution in [2.45, 2.75) is 0 Å². The average molecular weight is 890 g/mol. The Morgan fingerprint density at radius 2 is 0.743 bits per heavy atom. The molecule has 14 rings (SSSR count). The van der Waals surface area contributed by atoms with Gasteiger partial charge >= 0.3 is 0 Å². The van der Waals surface area contributed by atoms with E-state index < -0.39 is 0 Å². The second kappa shape index (κ2) is 16.2. The zero-order chi connectivity index (χ0) is 46.1. The summed E-state index contributed by atoms with van der Waals surface area (Å²) in [5, 5.41) is 14.3. The fraction of sp³-hybridized carbons (Fsp3) is 0. The van der Waals surface area contributed by atoms with Gasteiger partial charge in [0.2, 0.25) is 0 Å². The number of rotatable bonds is 7. The van der Waals surface area contributed by atoms with E-state index in [0.29, 0.717) is 0 Å². The van der Waals surface area contributed by atoms with Crippen LogP contribution >= 0.6 is 0 Å². The monoisotopic (exact) mass is 889 g/mol. The first-order chi connectivity index (χ1) is 34.7. The Balaban J connectivity index is 0.945. The van der Waals surface area contributed by atoms with Crippen LogP contribution in [-0.2, 0) is 0 Å². The number of furan rings is 1. The van der Waals surface area contributed by atoms with E-state index in [0.717, 1.165) is 71.8 Å². The lowest BCUT2D eigenvalue weighted by Gasteiger charge is -2.28.